The molecule has 0 amide bonds. The number of benzene rings is 11. The van der Waals surface area contributed by atoms with Gasteiger partial charge in [-0.05, 0) is 88.2 Å². The third-order valence-electron chi connectivity index (χ3n) is 15.6. The van der Waals surface area contributed by atoms with E-state index in [0.29, 0.717) is 0 Å². The maximum Gasteiger partial charge on any atom is 0.252 e. The lowest BCUT2D eigenvalue weighted by Crippen LogP contribution is -2.60. The largest absolute Gasteiger partial charge is 0.310 e. The maximum absolute atomic E-state index is 2.66. The second-order valence-electron chi connectivity index (χ2n) is 19.2. The fourth-order valence-corrected chi connectivity index (χ4v) is 12.8. The number of anilines is 3. The van der Waals surface area contributed by atoms with Gasteiger partial charge in [-0.15, -0.1) is 0 Å². The van der Waals surface area contributed by atoms with Gasteiger partial charge in [0.2, 0.25) is 0 Å². The molecule has 2 aliphatic rings. The van der Waals surface area contributed by atoms with E-state index in [-0.39, 0.29) is 6.71 Å². The van der Waals surface area contributed by atoms with Crippen LogP contribution in [0, 0.1) is 0 Å². The lowest BCUT2D eigenvalue weighted by atomic mass is 9.33. The number of nitrogens with zero attached hydrogens (tertiary/aromatic N) is 4. The van der Waals surface area contributed by atoms with Gasteiger partial charge in [-0.25, -0.2) is 0 Å². The molecule has 0 bridgehead atoms. The van der Waals surface area contributed by atoms with Crippen LogP contribution in [0.1, 0.15) is 0 Å². The highest BCUT2D eigenvalue weighted by atomic mass is 15.2. The zero-order valence-corrected chi connectivity index (χ0v) is 38.5. The fourth-order valence-electron chi connectivity index (χ4n) is 12.8. The predicted octanol–water partition coefficient (Wildman–Crippen LogP) is 14.9. The molecule has 0 spiro atoms. The average molecular weight is 901 g/mol. The molecule has 0 atom stereocenters. The Kier molecular flexibility index (Phi) is 7.94. The summed E-state index contributed by atoms with van der Waals surface area (Å²) in [6.07, 6.45) is 0. The van der Waals surface area contributed by atoms with Crippen molar-refractivity contribution in [2.75, 3.05) is 4.90 Å². The Bertz CT molecular complexity index is 4410. The quantitative estimate of drug-likeness (QED) is 0.157. The molecule has 0 saturated carbocycles. The van der Waals surface area contributed by atoms with Crippen LogP contribution >= 0.6 is 0 Å². The van der Waals surface area contributed by atoms with Crippen molar-refractivity contribution < 1.29 is 0 Å². The lowest BCUT2D eigenvalue weighted by Gasteiger charge is -2.42. The van der Waals surface area contributed by atoms with Crippen LogP contribution in [0.15, 0.2) is 249 Å². The minimum absolute atomic E-state index is 0.0883. The molecule has 0 unspecified atom stereocenters. The summed E-state index contributed by atoms with van der Waals surface area (Å²) >= 11 is 0. The van der Waals surface area contributed by atoms with Gasteiger partial charge < -0.3 is 18.6 Å². The molecule has 4 nitrogen and oxygen atoms in total. The molecule has 2 aliphatic heterocycles. The highest BCUT2D eigenvalue weighted by Gasteiger charge is 2.44. The summed E-state index contributed by atoms with van der Waals surface area (Å²) in [5.41, 5.74) is 22.8. The van der Waals surface area contributed by atoms with E-state index < -0.39 is 0 Å². The van der Waals surface area contributed by atoms with E-state index in [1.54, 1.807) is 0 Å². The van der Waals surface area contributed by atoms with Crippen LogP contribution in [0.2, 0.25) is 0 Å². The van der Waals surface area contributed by atoms with Crippen molar-refractivity contribution in [3.63, 3.8) is 0 Å². The molecule has 0 N–H and O–H groups in total. The summed E-state index contributed by atoms with van der Waals surface area (Å²) in [6, 6.07) is 92.6. The van der Waals surface area contributed by atoms with Gasteiger partial charge >= 0.3 is 0 Å². The summed E-state index contributed by atoms with van der Waals surface area (Å²) < 4.78 is 7.58. The van der Waals surface area contributed by atoms with E-state index in [4.69, 9.17) is 0 Å². The van der Waals surface area contributed by atoms with E-state index in [0.717, 1.165) is 17.1 Å². The SMILES string of the molecule is c1ccc(-c2cccc(-c3ccccc3)c2N2c3cc4c5ccccc5n(-c5ccccc5)c4cc3B3c4c2cc(-n2c5ccccc5c5ccccc52)cc4-n2c4ccccc4c4cccc3c42)cc1. The van der Waals surface area contributed by atoms with E-state index in [9.17, 15) is 0 Å². The van der Waals surface area contributed by atoms with Crippen molar-refractivity contribution in [2.24, 2.45) is 0 Å². The molecule has 16 rings (SSSR count). The van der Waals surface area contributed by atoms with E-state index >= 15 is 0 Å². The Morgan fingerprint density at radius 3 is 1.35 bits per heavy atom. The van der Waals surface area contributed by atoms with Crippen LogP contribution in [-0.4, -0.2) is 20.4 Å². The number of fused-ring (bicyclic) bond motifs is 13. The van der Waals surface area contributed by atoms with Crippen molar-refractivity contribution in [1.29, 1.82) is 0 Å². The smallest absolute Gasteiger partial charge is 0.252 e. The maximum atomic E-state index is 2.66. The molecular weight excluding hydrogens is 860 g/mol. The molecule has 0 fully saturated rings. The molecule has 71 heavy (non-hydrogen) atoms. The first kappa shape index (κ1) is 38.6. The van der Waals surface area contributed by atoms with Gasteiger partial charge in [0, 0.05) is 71.7 Å². The zero-order chi connectivity index (χ0) is 46.3. The summed E-state index contributed by atoms with van der Waals surface area (Å²) in [6.45, 7) is -0.0883. The van der Waals surface area contributed by atoms with E-state index in [2.05, 4.69) is 267 Å². The Hall–Kier alpha value is -9.32. The van der Waals surface area contributed by atoms with Crippen LogP contribution in [-0.2, 0) is 0 Å². The highest BCUT2D eigenvalue weighted by molar-refractivity contribution is 7.00. The van der Waals surface area contributed by atoms with Crippen molar-refractivity contribution in [1.82, 2.24) is 13.7 Å². The minimum atomic E-state index is -0.0883. The molecule has 0 aliphatic carbocycles. The molecule has 11 aromatic carbocycles. The van der Waals surface area contributed by atoms with Gasteiger partial charge in [-0.1, -0.05) is 188 Å². The van der Waals surface area contributed by atoms with Gasteiger partial charge in [0.05, 0.1) is 39.0 Å². The summed E-state index contributed by atoms with van der Waals surface area (Å²) in [7, 11) is 0. The third-order valence-corrected chi connectivity index (χ3v) is 15.6. The number of para-hydroxylation sites is 7. The Morgan fingerprint density at radius 1 is 0.282 bits per heavy atom. The predicted molar refractivity (Wildman–Crippen MR) is 300 cm³/mol. The standard InChI is InChI=1S/C66H41BN4/c1-4-20-42(21-5-1)46-30-18-31-47(43-22-6-2-7-23-43)65(46)71-61-40-53-51-29-13-16-36-58(51)68(44-24-8-3-9-25-44)60(53)41-55(61)67-54-33-19-32-52-50-28-12-17-37-59(50)70(66(52)54)62-38-45(39-63(71)64(62)67)69-56-34-14-10-26-48(56)49-27-11-15-35-57(49)69/h1-41H. The van der Waals surface area contributed by atoms with Gasteiger partial charge in [-0.3, -0.25) is 0 Å². The Labute approximate surface area is 410 Å². The van der Waals surface area contributed by atoms with Crippen molar-refractivity contribution in [2.45, 2.75) is 0 Å². The number of rotatable bonds is 5. The van der Waals surface area contributed by atoms with E-state index in [1.165, 1.54) is 121 Å². The molecule has 3 aromatic heterocycles. The van der Waals surface area contributed by atoms with Gasteiger partial charge in [0.15, 0.2) is 0 Å². The van der Waals surface area contributed by atoms with Crippen LogP contribution < -0.4 is 21.3 Å². The summed E-state index contributed by atoms with van der Waals surface area (Å²) in [5.74, 6) is 0. The minimum Gasteiger partial charge on any atom is -0.310 e. The topological polar surface area (TPSA) is 18.0 Å². The zero-order valence-electron chi connectivity index (χ0n) is 38.5. The monoisotopic (exact) mass is 900 g/mol. The first-order chi connectivity index (χ1) is 35.3. The van der Waals surface area contributed by atoms with Crippen LogP contribution in [0.5, 0.6) is 0 Å². The van der Waals surface area contributed by atoms with Crippen molar-refractivity contribution in [3.8, 4) is 39.3 Å². The number of hydrogen-bond acceptors (Lipinski definition) is 1. The lowest BCUT2D eigenvalue weighted by molar-refractivity contribution is 1.13. The summed E-state index contributed by atoms with van der Waals surface area (Å²) in [5, 5.41) is 7.47. The molecule has 5 heterocycles. The molecule has 328 valence electrons. The molecule has 0 radical (unpaired) electrons. The normalized spacial score (nSPS) is 12.7. The van der Waals surface area contributed by atoms with Crippen LogP contribution in [0.25, 0.3) is 105 Å². The Balaban J connectivity index is 1.14. The third kappa shape index (κ3) is 5.29. The molecule has 0 saturated heterocycles. The van der Waals surface area contributed by atoms with Crippen LogP contribution in [0.3, 0.4) is 0 Å². The molecular formula is C66H41BN4. The molecule has 14 aromatic rings. The number of aromatic nitrogens is 3. The Morgan fingerprint density at radius 2 is 0.746 bits per heavy atom. The van der Waals surface area contributed by atoms with Crippen LogP contribution in [0.4, 0.5) is 17.1 Å². The van der Waals surface area contributed by atoms with Gasteiger partial charge in [0.25, 0.3) is 6.71 Å². The first-order valence-corrected chi connectivity index (χ1v) is 24.6. The highest BCUT2D eigenvalue weighted by Crippen LogP contribution is 2.51. The summed E-state index contributed by atoms with van der Waals surface area (Å²) in [4.78, 5) is 2.66. The van der Waals surface area contributed by atoms with Crippen molar-refractivity contribution in [3.05, 3.63) is 249 Å². The van der Waals surface area contributed by atoms with Gasteiger partial charge in [0.1, 0.15) is 0 Å². The fraction of sp³-hybridized carbons (Fsp3) is 0. The first-order valence-electron chi connectivity index (χ1n) is 24.6. The molecule has 5 heteroatoms. The second kappa shape index (κ2) is 14.6. The van der Waals surface area contributed by atoms with Crippen molar-refractivity contribution >= 4 is 106 Å². The van der Waals surface area contributed by atoms with E-state index in [1.807, 2.05) is 0 Å². The second-order valence-corrected chi connectivity index (χ2v) is 19.2. The van der Waals surface area contributed by atoms with Gasteiger partial charge in [-0.2, -0.15) is 0 Å². The average Bonchev–Trinajstić information content (AvgIpc) is 4.08. The number of hydrogen-bond donors (Lipinski definition) is 0.